The van der Waals surface area contributed by atoms with Crippen molar-refractivity contribution >= 4 is 39.9 Å². The van der Waals surface area contributed by atoms with Gasteiger partial charge in [0.25, 0.3) is 5.91 Å². The summed E-state index contributed by atoms with van der Waals surface area (Å²) < 4.78 is 30.7. The molecule has 0 radical (unpaired) electrons. The predicted molar refractivity (Wildman–Crippen MR) is 161 cm³/mol. The zero-order valence-electron chi connectivity index (χ0n) is 23.4. The van der Waals surface area contributed by atoms with Crippen molar-refractivity contribution in [2.45, 2.75) is 32.0 Å². The van der Waals surface area contributed by atoms with Crippen LogP contribution in [0.4, 0.5) is 4.39 Å². The van der Waals surface area contributed by atoms with Gasteiger partial charge in [-0.1, -0.05) is 23.7 Å². The highest BCUT2D eigenvalue weighted by molar-refractivity contribution is 7.16. The van der Waals surface area contributed by atoms with Crippen molar-refractivity contribution in [2.24, 2.45) is 12.8 Å². The first-order valence-corrected chi connectivity index (χ1v) is 14.8. The van der Waals surface area contributed by atoms with Gasteiger partial charge in [-0.25, -0.2) is 9.37 Å². The van der Waals surface area contributed by atoms with E-state index in [4.69, 9.17) is 26.8 Å². The third kappa shape index (κ3) is 5.47. The number of rotatable bonds is 8. The monoisotopic (exact) mass is 608 g/mol. The van der Waals surface area contributed by atoms with Gasteiger partial charge in [0.15, 0.2) is 11.6 Å². The van der Waals surface area contributed by atoms with Crippen molar-refractivity contribution in [3.8, 4) is 27.6 Å². The molecule has 2 aromatic carbocycles. The maximum Gasteiger partial charge on any atom is 0.262 e. The van der Waals surface area contributed by atoms with Crippen LogP contribution >= 0.6 is 22.9 Å². The van der Waals surface area contributed by atoms with Gasteiger partial charge >= 0.3 is 0 Å². The predicted octanol–water partition coefficient (Wildman–Crippen LogP) is 5.99. The first-order chi connectivity index (χ1) is 20.2. The van der Waals surface area contributed by atoms with Crippen molar-refractivity contribution in [1.82, 2.24) is 24.2 Å². The number of ether oxygens (including phenoxy) is 2. The van der Waals surface area contributed by atoms with Crippen LogP contribution in [0.1, 0.15) is 41.1 Å². The third-order valence-corrected chi connectivity index (χ3v) is 9.02. The number of aromatic nitrogens is 4. The molecule has 0 aliphatic carbocycles. The number of aryl methyl sites for hydroxylation is 1. The van der Waals surface area contributed by atoms with Crippen molar-refractivity contribution < 1.29 is 18.7 Å². The van der Waals surface area contributed by atoms with E-state index in [1.165, 1.54) is 17.4 Å². The fraction of sp³-hybridized carbons (Fsp3) is 0.300. The molecule has 0 spiro atoms. The summed E-state index contributed by atoms with van der Waals surface area (Å²) in [4.78, 5) is 19.5. The Balaban J connectivity index is 1.27. The molecule has 2 N–H and O–H groups in total. The molecule has 9 nitrogen and oxygen atoms in total. The van der Waals surface area contributed by atoms with Gasteiger partial charge in [0.05, 0.1) is 22.3 Å². The quantitative estimate of drug-likeness (QED) is 0.232. The SMILES string of the molecule is C[C@@H](Oc1cc(-n2cnc3cc(-c4cnn(C)c4)ccc32)sc1C(N)=O)c1ccc(F)c(OC2CCN(C)CC2)c1Cl. The van der Waals surface area contributed by atoms with Crippen LogP contribution in [0.2, 0.25) is 5.02 Å². The summed E-state index contributed by atoms with van der Waals surface area (Å²) in [6.45, 7) is 3.53. The average Bonchev–Trinajstić information content (AvgIpc) is 3.70. The molecule has 42 heavy (non-hydrogen) atoms. The lowest BCUT2D eigenvalue weighted by Crippen LogP contribution is -2.35. The molecule has 1 saturated heterocycles. The Bertz CT molecular complexity index is 1770. The van der Waals surface area contributed by atoms with Gasteiger partial charge in [0.1, 0.15) is 34.2 Å². The van der Waals surface area contributed by atoms with Gasteiger partial charge in [-0.05, 0) is 50.6 Å². The van der Waals surface area contributed by atoms with Crippen LogP contribution in [0.25, 0.3) is 27.2 Å². The molecule has 0 unspecified atom stereocenters. The maximum absolute atomic E-state index is 14.8. The Kier molecular flexibility index (Phi) is 7.65. The summed E-state index contributed by atoms with van der Waals surface area (Å²) in [5.41, 5.74) is 9.92. The number of benzene rings is 2. The molecule has 3 aromatic heterocycles. The molecule has 1 atom stereocenters. The summed E-state index contributed by atoms with van der Waals surface area (Å²) in [7, 11) is 3.92. The van der Waals surface area contributed by atoms with E-state index in [2.05, 4.69) is 22.0 Å². The normalized spacial score (nSPS) is 15.3. The van der Waals surface area contributed by atoms with E-state index in [0.717, 1.165) is 48.1 Å². The van der Waals surface area contributed by atoms with Gasteiger partial charge in [-0.3, -0.25) is 14.0 Å². The van der Waals surface area contributed by atoms with E-state index in [0.29, 0.717) is 16.3 Å². The molecule has 0 saturated carbocycles. The number of hydrogen-bond acceptors (Lipinski definition) is 7. The molecular weight excluding hydrogens is 579 g/mol. The first-order valence-electron chi connectivity index (χ1n) is 13.6. The van der Waals surface area contributed by atoms with Crippen LogP contribution in [0.3, 0.4) is 0 Å². The number of hydrogen-bond donors (Lipinski definition) is 1. The van der Waals surface area contributed by atoms with E-state index in [1.807, 2.05) is 36.0 Å². The zero-order chi connectivity index (χ0) is 29.5. The molecule has 12 heteroatoms. The van der Waals surface area contributed by atoms with E-state index in [1.54, 1.807) is 36.3 Å². The Morgan fingerprint density at radius 1 is 1.17 bits per heavy atom. The number of primary amides is 1. The molecule has 5 aromatic rings. The second kappa shape index (κ2) is 11.4. The topological polar surface area (TPSA) is 100 Å². The summed E-state index contributed by atoms with van der Waals surface area (Å²) in [6, 6.07) is 10.6. The highest BCUT2D eigenvalue weighted by Gasteiger charge is 2.26. The molecule has 1 aliphatic rings. The van der Waals surface area contributed by atoms with E-state index < -0.39 is 17.8 Å². The smallest absolute Gasteiger partial charge is 0.262 e. The second-order valence-electron chi connectivity index (χ2n) is 10.5. The van der Waals surface area contributed by atoms with Gasteiger partial charge in [-0.2, -0.15) is 5.10 Å². The molecule has 1 fully saturated rings. The summed E-state index contributed by atoms with van der Waals surface area (Å²) in [5.74, 6) is -0.810. The van der Waals surface area contributed by atoms with Crippen molar-refractivity contribution in [3.63, 3.8) is 0 Å². The Morgan fingerprint density at radius 2 is 1.95 bits per heavy atom. The number of likely N-dealkylation sites (tertiary alicyclic amines) is 1. The number of fused-ring (bicyclic) bond motifs is 1. The minimum Gasteiger partial charge on any atom is -0.486 e. The number of thiophene rings is 1. The van der Waals surface area contributed by atoms with E-state index >= 15 is 0 Å². The summed E-state index contributed by atoms with van der Waals surface area (Å²) >= 11 is 7.88. The third-order valence-electron chi connectivity index (χ3n) is 7.50. The standard InChI is InChI=1S/C30H30ClFN6O3S/c1-17(21-5-6-22(32)28(27(21)31)41-20-8-10-36(2)11-9-20)40-25-13-26(42-29(25)30(33)39)38-16-34-23-12-18(4-7-24(23)38)19-14-35-37(3)15-19/h4-7,12-17,20H,8-11H2,1-3H3,(H2,33,39)/t17-/m1/s1. The number of piperidine rings is 1. The minimum absolute atomic E-state index is 0.0239. The van der Waals surface area contributed by atoms with Gasteiger partial charge in [0, 0.05) is 43.5 Å². The van der Waals surface area contributed by atoms with Crippen LogP contribution in [-0.4, -0.2) is 56.4 Å². The van der Waals surface area contributed by atoms with E-state index in [9.17, 15) is 9.18 Å². The molecule has 0 bridgehead atoms. The van der Waals surface area contributed by atoms with E-state index in [-0.39, 0.29) is 21.8 Å². The molecule has 6 rings (SSSR count). The van der Waals surface area contributed by atoms with Gasteiger partial charge < -0.3 is 20.1 Å². The summed E-state index contributed by atoms with van der Waals surface area (Å²) in [5, 5.41) is 5.11. The number of amides is 1. The number of carbonyl (C=O) groups excluding carboxylic acids is 1. The van der Waals surface area contributed by atoms with Crippen molar-refractivity contribution in [1.29, 1.82) is 0 Å². The highest BCUT2D eigenvalue weighted by Crippen LogP contribution is 2.40. The number of halogens is 2. The lowest BCUT2D eigenvalue weighted by Gasteiger charge is -2.30. The molecule has 1 amide bonds. The number of imidazole rings is 1. The Morgan fingerprint density at radius 3 is 2.67 bits per heavy atom. The fourth-order valence-electron chi connectivity index (χ4n) is 5.17. The van der Waals surface area contributed by atoms with Crippen molar-refractivity contribution in [3.05, 3.63) is 76.4 Å². The zero-order valence-corrected chi connectivity index (χ0v) is 25.0. The largest absolute Gasteiger partial charge is 0.486 e. The summed E-state index contributed by atoms with van der Waals surface area (Å²) in [6.07, 6.45) is 6.28. The lowest BCUT2D eigenvalue weighted by atomic mass is 10.1. The Hall–Kier alpha value is -3.93. The number of nitrogens with two attached hydrogens (primary N) is 1. The number of carbonyl (C=O) groups is 1. The maximum atomic E-state index is 14.8. The van der Waals surface area contributed by atoms with Crippen LogP contribution < -0.4 is 15.2 Å². The molecule has 4 heterocycles. The average molecular weight is 609 g/mol. The first kappa shape index (κ1) is 28.2. The van der Waals surface area contributed by atoms with Gasteiger partial charge in [-0.15, -0.1) is 11.3 Å². The highest BCUT2D eigenvalue weighted by atomic mass is 35.5. The van der Waals surface area contributed by atoms with Gasteiger partial charge in [0.2, 0.25) is 0 Å². The van der Waals surface area contributed by atoms with Crippen LogP contribution in [0.15, 0.2) is 55.1 Å². The lowest BCUT2D eigenvalue weighted by molar-refractivity contribution is 0.0997. The van der Waals surface area contributed by atoms with Crippen molar-refractivity contribution in [2.75, 3.05) is 20.1 Å². The van der Waals surface area contributed by atoms with Crippen LogP contribution in [0.5, 0.6) is 11.5 Å². The minimum atomic E-state index is -0.625. The second-order valence-corrected chi connectivity index (χ2v) is 11.9. The van der Waals surface area contributed by atoms with Crippen LogP contribution in [0, 0.1) is 5.82 Å². The molecule has 1 aliphatic heterocycles. The number of nitrogens with zero attached hydrogens (tertiary/aromatic N) is 5. The Labute approximate surface area is 251 Å². The molecule has 218 valence electrons. The fourth-order valence-corrected chi connectivity index (χ4v) is 6.45. The van der Waals surface area contributed by atoms with Crippen LogP contribution in [-0.2, 0) is 7.05 Å². The molecular formula is C30H30ClFN6O3S.